The Morgan fingerprint density at radius 3 is 1.73 bits per heavy atom. The van der Waals surface area contributed by atoms with Gasteiger partial charge in [-0.05, 0) is 25.7 Å². The first-order valence-electron chi connectivity index (χ1n) is 4.37. The lowest BCUT2D eigenvalue weighted by atomic mass is 10.1. The zero-order valence-electron chi connectivity index (χ0n) is 7.34. The zero-order valence-corrected chi connectivity index (χ0v) is 7.34. The predicted octanol–water partition coefficient (Wildman–Crippen LogP) is 3.43. The molecule has 1 heteroatoms. The molecular weight excluding hydrogens is 134 g/mol. The van der Waals surface area contributed by atoms with Crippen molar-refractivity contribution in [3.63, 3.8) is 0 Å². The standard InChI is InChI=1S/C8H14.C2H3N/c1-2-4-6-8-7-5-3-1;1-2-3/h1-2H,3-8H2;1H3/b2-1+;. The Labute approximate surface area is 69.7 Å². The van der Waals surface area contributed by atoms with Crippen LogP contribution in [0.2, 0.25) is 0 Å². The van der Waals surface area contributed by atoms with Crippen molar-refractivity contribution in [3.8, 4) is 6.07 Å². The molecule has 0 fully saturated rings. The average molecular weight is 151 g/mol. The highest BCUT2D eigenvalue weighted by atomic mass is 14.2. The Morgan fingerprint density at radius 1 is 1.00 bits per heavy atom. The molecule has 0 unspecified atom stereocenters. The van der Waals surface area contributed by atoms with Gasteiger partial charge in [-0.3, -0.25) is 0 Å². The first-order valence-corrected chi connectivity index (χ1v) is 4.37. The average Bonchev–Trinajstić information content (AvgIpc) is 1.86. The topological polar surface area (TPSA) is 23.8 Å². The molecule has 0 saturated carbocycles. The van der Waals surface area contributed by atoms with E-state index in [1.165, 1.54) is 45.4 Å². The van der Waals surface area contributed by atoms with Crippen molar-refractivity contribution in [2.45, 2.75) is 45.4 Å². The number of nitriles is 1. The Kier molecular flexibility index (Phi) is 8.58. The second-order valence-corrected chi connectivity index (χ2v) is 2.69. The molecule has 11 heavy (non-hydrogen) atoms. The first-order chi connectivity index (χ1) is 5.41. The van der Waals surface area contributed by atoms with Crippen LogP contribution in [0.15, 0.2) is 12.2 Å². The summed E-state index contributed by atoms with van der Waals surface area (Å²) in [7, 11) is 0. The van der Waals surface area contributed by atoms with Gasteiger partial charge >= 0.3 is 0 Å². The number of allylic oxidation sites excluding steroid dienone is 2. The second-order valence-electron chi connectivity index (χ2n) is 2.69. The summed E-state index contributed by atoms with van der Waals surface area (Å²) in [6, 6.07) is 1.75. The highest BCUT2D eigenvalue weighted by Gasteiger charge is 1.89. The molecule has 0 atom stereocenters. The molecule has 0 radical (unpaired) electrons. The Balaban J connectivity index is 0.000000292. The predicted molar refractivity (Wildman–Crippen MR) is 48.1 cm³/mol. The monoisotopic (exact) mass is 151 g/mol. The summed E-state index contributed by atoms with van der Waals surface area (Å²) in [4.78, 5) is 0. The molecule has 0 aromatic rings. The van der Waals surface area contributed by atoms with Gasteiger partial charge in [0.25, 0.3) is 0 Å². The minimum Gasteiger partial charge on any atom is -0.199 e. The maximum Gasteiger partial charge on any atom is 0.0587 e. The Morgan fingerprint density at radius 2 is 1.36 bits per heavy atom. The van der Waals surface area contributed by atoms with Crippen LogP contribution >= 0.6 is 0 Å². The highest BCUT2D eigenvalue weighted by Crippen LogP contribution is 2.09. The van der Waals surface area contributed by atoms with Crippen LogP contribution in [0.4, 0.5) is 0 Å². The summed E-state index contributed by atoms with van der Waals surface area (Å²) in [5.74, 6) is 0. The molecule has 0 saturated heterocycles. The van der Waals surface area contributed by atoms with Gasteiger partial charge in [0, 0.05) is 6.92 Å². The van der Waals surface area contributed by atoms with Crippen LogP contribution < -0.4 is 0 Å². The molecule has 0 aromatic carbocycles. The summed E-state index contributed by atoms with van der Waals surface area (Å²) < 4.78 is 0. The van der Waals surface area contributed by atoms with E-state index in [4.69, 9.17) is 5.26 Å². The van der Waals surface area contributed by atoms with Gasteiger partial charge in [-0.2, -0.15) is 5.26 Å². The van der Waals surface area contributed by atoms with Crippen LogP contribution in [0.1, 0.15) is 45.4 Å². The van der Waals surface area contributed by atoms with Crippen LogP contribution in [0.5, 0.6) is 0 Å². The van der Waals surface area contributed by atoms with Crippen LogP contribution in [0.3, 0.4) is 0 Å². The third kappa shape index (κ3) is 9.23. The summed E-state index contributed by atoms with van der Waals surface area (Å²) in [6.07, 6.45) is 13.0. The number of hydrogen-bond acceptors (Lipinski definition) is 1. The largest absolute Gasteiger partial charge is 0.199 e. The van der Waals surface area contributed by atoms with Crippen molar-refractivity contribution in [1.29, 1.82) is 5.26 Å². The van der Waals surface area contributed by atoms with Crippen molar-refractivity contribution in [2.75, 3.05) is 0 Å². The van der Waals surface area contributed by atoms with Gasteiger partial charge in [0.1, 0.15) is 0 Å². The van der Waals surface area contributed by atoms with Gasteiger partial charge in [0.2, 0.25) is 0 Å². The smallest absolute Gasteiger partial charge is 0.0587 e. The van der Waals surface area contributed by atoms with E-state index in [0.29, 0.717) is 0 Å². The van der Waals surface area contributed by atoms with E-state index in [0.717, 1.165) is 0 Å². The van der Waals surface area contributed by atoms with E-state index in [2.05, 4.69) is 12.2 Å². The van der Waals surface area contributed by atoms with Crippen molar-refractivity contribution in [2.24, 2.45) is 0 Å². The molecule has 0 spiro atoms. The molecule has 0 amide bonds. The molecule has 0 N–H and O–H groups in total. The highest BCUT2D eigenvalue weighted by molar-refractivity contribution is 4.82. The van der Waals surface area contributed by atoms with Crippen molar-refractivity contribution in [1.82, 2.24) is 0 Å². The van der Waals surface area contributed by atoms with E-state index in [-0.39, 0.29) is 0 Å². The van der Waals surface area contributed by atoms with Gasteiger partial charge < -0.3 is 0 Å². The molecule has 1 aliphatic rings. The maximum atomic E-state index is 7.32. The molecule has 1 rings (SSSR count). The molecule has 1 aliphatic carbocycles. The van der Waals surface area contributed by atoms with E-state index >= 15 is 0 Å². The summed E-state index contributed by atoms with van der Waals surface area (Å²) in [6.45, 7) is 1.43. The summed E-state index contributed by atoms with van der Waals surface area (Å²) >= 11 is 0. The van der Waals surface area contributed by atoms with Crippen LogP contribution in [-0.2, 0) is 0 Å². The quantitative estimate of drug-likeness (QED) is 0.486. The number of rotatable bonds is 0. The van der Waals surface area contributed by atoms with Gasteiger partial charge in [-0.15, -0.1) is 0 Å². The zero-order chi connectivity index (χ0) is 8.36. The third-order valence-electron chi connectivity index (χ3n) is 1.66. The second kappa shape index (κ2) is 9.23. The molecule has 1 nitrogen and oxygen atoms in total. The lowest BCUT2D eigenvalue weighted by Crippen LogP contribution is -1.80. The van der Waals surface area contributed by atoms with E-state index < -0.39 is 0 Å². The minimum absolute atomic E-state index is 1.32. The fourth-order valence-electron chi connectivity index (χ4n) is 1.11. The van der Waals surface area contributed by atoms with Gasteiger partial charge in [-0.1, -0.05) is 25.0 Å². The van der Waals surface area contributed by atoms with E-state index in [1.807, 2.05) is 0 Å². The Hall–Kier alpha value is -0.770. The molecule has 0 aromatic heterocycles. The van der Waals surface area contributed by atoms with Gasteiger partial charge in [0.15, 0.2) is 0 Å². The van der Waals surface area contributed by atoms with Crippen molar-refractivity contribution in [3.05, 3.63) is 12.2 Å². The summed E-state index contributed by atoms with van der Waals surface area (Å²) in [5.41, 5.74) is 0. The fraction of sp³-hybridized carbons (Fsp3) is 0.700. The fourth-order valence-corrected chi connectivity index (χ4v) is 1.11. The van der Waals surface area contributed by atoms with Crippen LogP contribution in [0.25, 0.3) is 0 Å². The maximum absolute atomic E-state index is 7.32. The molecular formula is C10H17N. The van der Waals surface area contributed by atoms with E-state index in [9.17, 15) is 0 Å². The number of nitrogens with zero attached hydrogens (tertiary/aromatic N) is 1. The summed E-state index contributed by atoms with van der Waals surface area (Å²) in [5, 5.41) is 7.32. The van der Waals surface area contributed by atoms with Crippen LogP contribution in [-0.4, -0.2) is 0 Å². The van der Waals surface area contributed by atoms with Crippen molar-refractivity contribution >= 4 is 0 Å². The van der Waals surface area contributed by atoms with Gasteiger partial charge in [0.05, 0.1) is 6.07 Å². The van der Waals surface area contributed by atoms with Crippen LogP contribution in [0, 0.1) is 11.3 Å². The normalized spacial score (nSPS) is 19.6. The molecule has 0 aliphatic heterocycles. The van der Waals surface area contributed by atoms with Crippen molar-refractivity contribution < 1.29 is 0 Å². The first kappa shape index (κ1) is 10.2. The molecule has 0 heterocycles. The molecule has 62 valence electrons. The minimum atomic E-state index is 1.32. The van der Waals surface area contributed by atoms with Gasteiger partial charge in [-0.25, -0.2) is 0 Å². The Bertz CT molecular complexity index is 120. The molecule has 0 bridgehead atoms. The SMILES string of the molecule is C1=C/CCCCCC/1.CC#N. The lowest BCUT2D eigenvalue weighted by Gasteiger charge is -2.00. The lowest BCUT2D eigenvalue weighted by molar-refractivity contribution is 0.638. The third-order valence-corrected chi connectivity index (χ3v) is 1.66. The van der Waals surface area contributed by atoms with E-state index in [1.54, 1.807) is 6.07 Å². The number of hydrogen-bond donors (Lipinski definition) is 0.